The highest BCUT2D eigenvalue weighted by molar-refractivity contribution is 5.91. The molecule has 0 N–H and O–H groups in total. The van der Waals surface area contributed by atoms with E-state index in [4.69, 9.17) is 4.74 Å². The normalized spacial score (nSPS) is 17.8. The lowest BCUT2D eigenvalue weighted by Crippen LogP contribution is -2.44. The largest absolute Gasteiger partial charge is 0.444 e. The second kappa shape index (κ2) is 9.02. The van der Waals surface area contributed by atoms with Crippen molar-refractivity contribution in [3.8, 4) is 0 Å². The number of carbonyl (C=O) groups excluding carboxylic acids is 2. The summed E-state index contributed by atoms with van der Waals surface area (Å²) in [6, 6.07) is 6.00. The minimum Gasteiger partial charge on any atom is -0.444 e. The molecule has 1 heterocycles. The van der Waals surface area contributed by atoms with Gasteiger partial charge in [-0.3, -0.25) is 4.79 Å². The number of amides is 2. The molecule has 2 amide bonds. The van der Waals surface area contributed by atoms with E-state index in [1.807, 2.05) is 20.8 Å². The molecule has 1 unspecified atom stereocenters. The molecular weight excluding hydrogens is 347 g/mol. The van der Waals surface area contributed by atoms with Crippen molar-refractivity contribution in [2.75, 3.05) is 26.7 Å². The molecule has 6 heteroatoms. The van der Waals surface area contributed by atoms with Crippen LogP contribution >= 0.6 is 0 Å². The molecule has 1 atom stereocenters. The number of hydrogen-bond donors (Lipinski definition) is 0. The van der Waals surface area contributed by atoms with Crippen LogP contribution in [0.2, 0.25) is 0 Å². The minimum atomic E-state index is -0.523. The van der Waals surface area contributed by atoms with Crippen LogP contribution in [-0.2, 0) is 9.53 Å². The van der Waals surface area contributed by atoms with Crippen LogP contribution in [0.4, 0.5) is 9.18 Å². The second-order valence-corrected chi connectivity index (χ2v) is 8.04. The van der Waals surface area contributed by atoms with E-state index in [9.17, 15) is 14.0 Å². The zero-order valence-electron chi connectivity index (χ0n) is 16.6. The Morgan fingerprint density at radius 3 is 2.59 bits per heavy atom. The van der Waals surface area contributed by atoms with Crippen LogP contribution in [0, 0.1) is 11.7 Å². The fourth-order valence-electron chi connectivity index (χ4n) is 3.06. The molecule has 1 aromatic rings. The predicted molar refractivity (Wildman–Crippen MR) is 104 cm³/mol. The summed E-state index contributed by atoms with van der Waals surface area (Å²) in [6.07, 6.45) is 4.75. The number of ether oxygens (including phenoxy) is 1. The summed E-state index contributed by atoms with van der Waals surface area (Å²) < 4.78 is 18.3. The van der Waals surface area contributed by atoms with Crippen molar-refractivity contribution in [1.29, 1.82) is 0 Å². The Morgan fingerprint density at radius 2 is 1.96 bits per heavy atom. The highest BCUT2D eigenvalue weighted by Gasteiger charge is 2.26. The highest BCUT2D eigenvalue weighted by atomic mass is 19.1. The lowest BCUT2D eigenvalue weighted by Gasteiger charge is -2.34. The molecular formula is C21H29FN2O3. The van der Waals surface area contributed by atoms with E-state index in [0.29, 0.717) is 19.6 Å². The first-order chi connectivity index (χ1) is 12.6. The van der Waals surface area contributed by atoms with Crippen LogP contribution in [-0.4, -0.2) is 54.1 Å². The zero-order chi connectivity index (χ0) is 20.0. The van der Waals surface area contributed by atoms with Gasteiger partial charge >= 0.3 is 6.09 Å². The first kappa shape index (κ1) is 20.9. The Morgan fingerprint density at radius 1 is 1.30 bits per heavy atom. The fraction of sp³-hybridized carbons (Fsp3) is 0.524. The van der Waals surface area contributed by atoms with Gasteiger partial charge in [0, 0.05) is 32.8 Å². The maximum atomic E-state index is 12.9. The molecule has 5 nitrogen and oxygen atoms in total. The lowest BCUT2D eigenvalue weighted by atomic mass is 9.97. The molecule has 0 aliphatic carbocycles. The van der Waals surface area contributed by atoms with E-state index in [-0.39, 0.29) is 23.7 Å². The summed E-state index contributed by atoms with van der Waals surface area (Å²) in [5.74, 6) is -0.144. The third-order valence-corrected chi connectivity index (χ3v) is 4.36. The van der Waals surface area contributed by atoms with E-state index < -0.39 is 5.60 Å². The number of halogens is 1. The van der Waals surface area contributed by atoms with Gasteiger partial charge in [0.1, 0.15) is 11.4 Å². The number of nitrogens with zero attached hydrogens (tertiary/aromatic N) is 2. The summed E-state index contributed by atoms with van der Waals surface area (Å²) in [7, 11) is 1.73. The lowest BCUT2D eigenvalue weighted by molar-refractivity contribution is -0.127. The molecule has 1 aliphatic rings. The van der Waals surface area contributed by atoms with Gasteiger partial charge in [-0.2, -0.15) is 0 Å². The van der Waals surface area contributed by atoms with E-state index in [2.05, 4.69) is 0 Å². The highest BCUT2D eigenvalue weighted by Crippen LogP contribution is 2.19. The Labute approximate surface area is 160 Å². The molecule has 1 aliphatic heterocycles. The quantitative estimate of drug-likeness (QED) is 0.748. The summed E-state index contributed by atoms with van der Waals surface area (Å²) in [6.45, 7) is 7.40. The van der Waals surface area contributed by atoms with Gasteiger partial charge in [-0.1, -0.05) is 12.1 Å². The van der Waals surface area contributed by atoms with Crippen molar-refractivity contribution in [2.24, 2.45) is 5.92 Å². The van der Waals surface area contributed by atoms with Crippen LogP contribution in [0.5, 0.6) is 0 Å². The molecule has 0 spiro atoms. The van der Waals surface area contributed by atoms with Crippen molar-refractivity contribution >= 4 is 18.1 Å². The first-order valence-electron chi connectivity index (χ1n) is 9.31. The van der Waals surface area contributed by atoms with Gasteiger partial charge < -0.3 is 14.5 Å². The van der Waals surface area contributed by atoms with Crippen molar-refractivity contribution in [1.82, 2.24) is 9.80 Å². The third kappa shape index (κ3) is 7.04. The van der Waals surface area contributed by atoms with E-state index in [1.54, 1.807) is 35.1 Å². The van der Waals surface area contributed by atoms with Crippen molar-refractivity contribution in [2.45, 2.75) is 39.2 Å². The smallest absolute Gasteiger partial charge is 0.410 e. The SMILES string of the molecule is CN(CC1CCCN(C(=O)/C=C/c2ccc(F)cc2)C1)C(=O)OC(C)(C)C. The predicted octanol–water partition coefficient (Wildman–Crippen LogP) is 3.94. The van der Waals surface area contributed by atoms with E-state index in [0.717, 1.165) is 18.4 Å². The molecule has 27 heavy (non-hydrogen) atoms. The van der Waals surface area contributed by atoms with Crippen molar-refractivity contribution in [3.05, 3.63) is 41.7 Å². The van der Waals surface area contributed by atoms with Crippen molar-refractivity contribution in [3.63, 3.8) is 0 Å². The first-order valence-corrected chi connectivity index (χ1v) is 9.31. The Hall–Kier alpha value is -2.37. The van der Waals surface area contributed by atoms with Crippen molar-refractivity contribution < 1.29 is 18.7 Å². The van der Waals surface area contributed by atoms with Crippen LogP contribution < -0.4 is 0 Å². The van der Waals surface area contributed by atoms with Gasteiger partial charge in [0.15, 0.2) is 0 Å². The fourth-order valence-corrected chi connectivity index (χ4v) is 3.06. The minimum absolute atomic E-state index is 0.0658. The number of rotatable bonds is 4. The number of piperidine rings is 1. The summed E-state index contributed by atoms with van der Waals surface area (Å²) in [5.41, 5.74) is 0.258. The van der Waals surface area contributed by atoms with Crippen LogP contribution in [0.3, 0.4) is 0 Å². The molecule has 0 radical (unpaired) electrons. The summed E-state index contributed by atoms with van der Waals surface area (Å²) >= 11 is 0. The molecule has 148 valence electrons. The summed E-state index contributed by atoms with van der Waals surface area (Å²) in [4.78, 5) is 28.0. The van der Waals surface area contributed by atoms with Gasteiger partial charge in [-0.25, -0.2) is 9.18 Å². The number of benzene rings is 1. The molecule has 0 bridgehead atoms. The van der Waals surface area contributed by atoms with Gasteiger partial charge in [-0.05, 0) is 63.3 Å². The van der Waals surface area contributed by atoms with E-state index >= 15 is 0 Å². The van der Waals surface area contributed by atoms with Crippen LogP contribution in [0.25, 0.3) is 6.08 Å². The maximum Gasteiger partial charge on any atom is 0.410 e. The Kier molecular flexibility index (Phi) is 6.99. The number of hydrogen-bond acceptors (Lipinski definition) is 3. The molecule has 0 saturated carbocycles. The summed E-state index contributed by atoms with van der Waals surface area (Å²) in [5, 5.41) is 0. The molecule has 2 rings (SSSR count). The Bertz CT molecular complexity index is 680. The average Bonchev–Trinajstić information content (AvgIpc) is 2.59. The standard InChI is InChI=1S/C21H29FN2O3/c1-21(2,3)27-20(26)23(4)14-17-6-5-13-24(15-17)19(25)12-9-16-7-10-18(22)11-8-16/h7-12,17H,5-6,13-15H2,1-4H3/b12-9+. The maximum absolute atomic E-state index is 12.9. The number of likely N-dealkylation sites (tertiary alicyclic amines) is 1. The second-order valence-electron chi connectivity index (χ2n) is 8.04. The molecule has 0 aromatic heterocycles. The van der Waals surface area contributed by atoms with Gasteiger partial charge in [-0.15, -0.1) is 0 Å². The van der Waals surface area contributed by atoms with Crippen LogP contribution in [0.15, 0.2) is 30.3 Å². The third-order valence-electron chi connectivity index (χ3n) is 4.36. The molecule has 1 saturated heterocycles. The average molecular weight is 376 g/mol. The van der Waals surface area contributed by atoms with Gasteiger partial charge in [0.05, 0.1) is 0 Å². The van der Waals surface area contributed by atoms with Gasteiger partial charge in [0.25, 0.3) is 0 Å². The topological polar surface area (TPSA) is 49.9 Å². The van der Waals surface area contributed by atoms with E-state index in [1.165, 1.54) is 18.2 Å². The monoisotopic (exact) mass is 376 g/mol. The van der Waals surface area contributed by atoms with Crippen LogP contribution in [0.1, 0.15) is 39.2 Å². The molecule has 1 aromatic carbocycles. The Balaban J connectivity index is 1.88. The molecule has 1 fully saturated rings. The number of carbonyl (C=O) groups is 2. The van der Waals surface area contributed by atoms with Gasteiger partial charge in [0.2, 0.25) is 5.91 Å². The zero-order valence-corrected chi connectivity index (χ0v) is 16.6.